The Balaban J connectivity index is 1.95. The highest BCUT2D eigenvalue weighted by atomic mass is 35.5. The highest BCUT2D eigenvalue weighted by molar-refractivity contribution is 7.15. The molecule has 1 aliphatic heterocycles. The predicted octanol–water partition coefficient (Wildman–Crippen LogP) is 0.985. The summed E-state index contributed by atoms with van der Waals surface area (Å²) >= 11 is 7.19. The molecule has 1 aliphatic rings. The molecule has 0 aromatic carbocycles. The zero-order valence-electron chi connectivity index (χ0n) is 8.03. The molecule has 0 radical (unpaired) electrons. The van der Waals surface area contributed by atoms with Gasteiger partial charge >= 0.3 is 0 Å². The van der Waals surface area contributed by atoms with Crippen LogP contribution in [0.15, 0.2) is 0 Å². The number of halogens is 1. The minimum Gasteiger partial charge on any atom is -0.314 e. The molecule has 0 saturated carbocycles. The molecule has 1 N–H and O–H groups in total. The first kappa shape index (κ1) is 10.3. The Hall–Kier alpha value is -0.230. The van der Waals surface area contributed by atoms with Gasteiger partial charge in [0, 0.05) is 25.7 Å². The molecule has 78 valence electrons. The van der Waals surface area contributed by atoms with Gasteiger partial charge in [0.05, 0.1) is 6.54 Å². The first-order valence-electron chi connectivity index (χ1n) is 4.68. The summed E-state index contributed by atoms with van der Waals surface area (Å²) in [5, 5.41) is 12.2. The van der Waals surface area contributed by atoms with Gasteiger partial charge in [0.25, 0.3) is 0 Å². The summed E-state index contributed by atoms with van der Waals surface area (Å²) in [6, 6.07) is 0.562. The lowest BCUT2D eigenvalue weighted by Gasteiger charge is -2.32. The maximum Gasteiger partial charge on any atom is 0.207 e. The first-order chi connectivity index (χ1) is 6.75. The molecular weight excluding hydrogens is 220 g/mol. The van der Waals surface area contributed by atoms with E-state index in [1.54, 1.807) is 0 Å². The van der Waals surface area contributed by atoms with Gasteiger partial charge in [0.15, 0.2) is 0 Å². The molecular formula is C8H13ClN4S. The molecule has 4 nitrogen and oxygen atoms in total. The third-order valence-corrected chi connectivity index (χ3v) is 3.42. The fourth-order valence-corrected chi connectivity index (χ4v) is 2.48. The Morgan fingerprint density at radius 2 is 2.50 bits per heavy atom. The van der Waals surface area contributed by atoms with Crippen LogP contribution in [-0.4, -0.2) is 40.8 Å². The quantitative estimate of drug-likeness (QED) is 0.826. The Morgan fingerprint density at radius 3 is 3.14 bits per heavy atom. The van der Waals surface area contributed by atoms with Crippen molar-refractivity contribution in [2.45, 2.75) is 19.5 Å². The number of nitrogens with one attached hydrogen (secondary N) is 1. The van der Waals surface area contributed by atoms with Crippen LogP contribution >= 0.6 is 22.9 Å². The van der Waals surface area contributed by atoms with Crippen molar-refractivity contribution in [2.75, 3.05) is 19.6 Å². The van der Waals surface area contributed by atoms with Crippen molar-refractivity contribution < 1.29 is 0 Å². The van der Waals surface area contributed by atoms with E-state index in [0.29, 0.717) is 10.5 Å². The Morgan fingerprint density at radius 1 is 1.64 bits per heavy atom. The second kappa shape index (κ2) is 4.53. The number of rotatable bonds is 2. The second-order valence-corrected chi connectivity index (χ2v) is 5.12. The van der Waals surface area contributed by atoms with Crippen molar-refractivity contribution in [1.82, 2.24) is 20.4 Å². The zero-order valence-corrected chi connectivity index (χ0v) is 9.61. The number of hydrogen-bond acceptors (Lipinski definition) is 5. The molecule has 2 heterocycles. The van der Waals surface area contributed by atoms with Crippen LogP contribution in [0.25, 0.3) is 0 Å². The smallest absolute Gasteiger partial charge is 0.207 e. The average molecular weight is 233 g/mol. The number of hydrogen-bond donors (Lipinski definition) is 1. The summed E-state index contributed by atoms with van der Waals surface area (Å²) in [4.78, 5) is 2.40. The fourth-order valence-electron chi connectivity index (χ4n) is 1.59. The van der Waals surface area contributed by atoms with Crippen LogP contribution in [0.2, 0.25) is 4.47 Å². The Bertz CT molecular complexity index is 303. The van der Waals surface area contributed by atoms with Crippen LogP contribution in [0, 0.1) is 0 Å². The molecule has 0 aliphatic carbocycles. The summed E-state index contributed by atoms with van der Waals surface area (Å²) in [6.07, 6.45) is 0. The average Bonchev–Trinajstić information content (AvgIpc) is 2.56. The normalized spacial score (nSPS) is 24.0. The molecule has 1 aromatic heterocycles. The predicted molar refractivity (Wildman–Crippen MR) is 57.7 cm³/mol. The summed E-state index contributed by atoms with van der Waals surface area (Å²) < 4.78 is 0.530. The third kappa shape index (κ3) is 2.42. The minimum absolute atomic E-state index is 0.530. The van der Waals surface area contributed by atoms with Gasteiger partial charge in [-0.05, 0) is 18.5 Å². The molecule has 1 atom stereocenters. The maximum atomic E-state index is 5.73. The van der Waals surface area contributed by atoms with E-state index in [1.807, 2.05) is 0 Å². The number of aromatic nitrogens is 2. The number of nitrogens with zero attached hydrogens (tertiary/aromatic N) is 3. The van der Waals surface area contributed by atoms with Crippen LogP contribution in [0.1, 0.15) is 11.9 Å². The van der Waals surface area contributed by atoms with Gasteiger partial charge in [0.1, 0.15) is 5.01 Å². The van der Waals surface area contributed by atoms with Crippen LogP contribution < -0.4 is 5.32 Å². The van der Waals surface area contributed by atoms with Gasteiger partial charge in [-0.1, -0.05) is 11.3 Å². The maximum absolute atomic E-state index is 5.73. The summed E-state index contributed by atoms with van der Waals surface area (Å²) in [7, 11) is 0. The van der Waals surface area contributed by atoms with Gasteiger partial charge in [-0.2, -0.15) is 0 Å². The minimum atomic E-state index is 0.530. The Kier molecular flexibility index (Phi) is 3.33. The largest absolute Gasteiger partial charge is 0.314 e. The highest BCUT2D eigenvalue weighted by Crippen LogP contribution is 2.17. The zero-order chi connectivity index (χ0) is 9.97. The molecule has 1 unspecified atom stereocenters. The molecule has 0 amide bonds. The van der Waals surface area contributed by atoms with E-state index in [0.717, 1.165) is 31.2 Å². The highest BCUT2D eigenvalue weighted by Gasteiger charge is 2.19. The van der Waals surface area contributed by atoms with Gasteiger partial charge in [-0.25, -0.2) is 0 Å². The number of piperazine rings is 1. The fraction of sp³-hybridized carbons (Fsp3) is 0.750. The monoisotopic (exact) mass is 232 g/mol. The first-order valence-corrected chi connectivity index (χ1v) is 5.88. The molecule has 1 fully saturated rings. The van der Waals surface area contributed by atoms with E-state index in [9.17, 15) is 0 Å². The van der Waals surface area contributed by atoms with Crippen LogP contribution in [0.3, 0.4) is 0 Å². The van der Waals surface area contributed by atoms with Gasteiger partial charge < -0.3 is 5.32 Å². The molecule has 14 heavy (non-hydrogen) atoms. The van der Waals surface area contributed by atoms with Gasteiger partial charge in [-0.3, -0.25) is 4.90 Å². The van der Waals surface area contributed by atoms with E-state index in [2.05, 4.69) is 27.3 Å². The molecule has 0 bridgehead atoms. The molecule has 2 rings (SSSR count). The van der Waals surface area contributed by atoms with Crippen molar-refractivity contribution in [3.63, 3.8) is 0 Å². The SMILES string of the molecule is CC1CNCCN1Cc1nnc(Cl)s1. The van der Waals surface area contributed by atoms with Crippen molar-refractivity contribution in [2.24, 2.45) is 0 Å². The van der Waals surface area contributed by atoms with Crippen molar-refractivity contribution in [1.29, 1.82) is 0 Å². The van der Waals surface area contributed by atoms with E-state index < -0.39 is 0 Å². The van der Waals surface area contributed by atoms with E-state index in [-0.39, 0.29) is 0 Å². The Labute approximate surface area is 92.3 Å². The summed E-state index contributed by atoms with van der Waals surface area (Å²) in [5.74, 6) is 0. The third-order valence-electron chi connectivity index (χ3n) is 2.42. The molecule has 1 saturated heterocycles. The van der Waals surface area contributed by atoms with Gasteiger partial charge in [-0.15, -0.1) is 10.2 Å². The lowest BCUT2D eigenvalue weighted by Crippen LogP contribution is -2.49. The standard InChI is InChI=1S/C8H13ClN4S/c1-6-4-10-2-3-13(6)5-7-11-12-8(9)14-7/h6,10H,2-5H2,1H3. The van der Waals surface area contributed by atoms with E-state index >= 15 is 0 Å². The van der Waals surface area contributed by atoms with Crippen molar-refractivity contribution in [3.8, 4) is 0 Å². The van der Waals surface area contributed by atoms with Crippen molar-refractivity contribution >= 4 is 22.9 Å². The second-order valence-electron chi connectivity index (χ2n) is 3.47. The van der Waals surface area contributed by atoms with Crippen LogP contribution in [-0.2, 0) is 6.54 Å². The molecule has 0 spiro atoms. The summed E-state index contributed by atoms with van der Waals surface area (Å²) in [6.45, 7) is 6.25. The lowest BCUT2D eigenvalue weighted by atomic mass is 10.2. The van der Waals surface area contributed by atoms with E-state index in [1.165, 1.54) is 11.3 Å². The molecule has 1 aromatic rings. The van der Waals surface area contributed by atoms with Gasteiger partial charge in [0.2, 0.25) is 4.47 Å². The van der Waals surface area contributed by atoms with E-state index in [4.69, 9.17) is 11.6 Å². The van der Waals surface area contributed by atoms with Crippen LogP contribution in [0.4, 0.5) is 0 Å². The van der Waals surface area contributed by atoms with Crippen molar-refractivity contribution in [3.05, 3.63) is 9.47 Å². The molecule has 6 heteroatoms. The van der Waals surface area contributed by atoms with Crippen LogP contribution in [0.5, 0.6) is 0 Å². The lowest BCUT2D eigenvalue weighted by molar-refractivity contribution is 0.165. The summed E-state index contributed by atoms with van der Waals surface area (Å²) in [5.41, 5.74) is 0. The topological polar surface area (TPSA) is 41.0 Å².